The summed E-state index contributed by atoms with van der Waals surface area (Å²) in [6.07, 6.45) is 11.3. The van der Waals surface area contributed by atoms with Crippen molar-refractivity contribution < 1.29 is 0 Å². The van der Waals surface area contributed by atoms with E-state index in [1.807, 2.05) is 0 Å². The Morgan fingerprint density at radius 1 is 1.25 bits per heavy atom. The second-order valence-corrected chi connectivity index (χ2v) is 5.95. The molecule has 1 fully saturated rings. The molecule has 0 bridgehead atoms. The van der Waals surface area contributed by atoms with Gasteiger partial charge in [-0.05, 0) is 38.3 Å². The van der Waals surface area contributed by atoms with Crippen molar-refractivity contribution in [1.29, 1.82) is 0 Å². The molecule has 1 aliphatic carbocycles. The zero-order chi connectivity index (χ0) is 13.9. The smallest absolute Gasteiger partial charge is 0.138 e. The summed E-state index contributed by atoms with van der Waals surface area (Å²) in [5, 5.41) is 3.83. The number of aryl methyl sites for hydroxylation is 1. The highest BCUT2D eigenvalue weighted by atomic mass is 15.1. The van der Waals surface area contributed by atoms with Crippen molar-refractivity contribution in [3.05, 3.63) is 29.6 Å². The van der Waals surface area contributed by atoms with E-state index in [2.05, 4.69) is 41.9 Å². The fourth-order valence-electron chi connectivity index (χ4n) is 3.41. The van der Waals surface area contributed by atoms with Gasteiger partial charge in [0.25, 0.3) is 0 Å². The summed E-state index contributed by atoms with van der Waals surface area (Å²) < 4.78 is 2.22. The van der Waals surface area contributed by atoms with Crippen molar-refractivity contribution in [2.45, 2.75) is 64.8 Å². The lowest BCUT2D eigenvalue weighted by Crippen LogP contribution is -2.22. The Kier molecular flexibility index (Phi) is 3.95. The van der Waals surface area contributed by atoms with Gasteiger partial charge < -0.3 is 5.32 Å². The van der Waals surface area contributed by atoms with Crippen LogP contribution in [0.25, 0.3) is 5.65 Å². The van der Waals surface area contributed by atoms with E-state index >= 15 is 0 Å². The van der Waals surface area contributed by atoms with Crippen molar-refractivity contribution in [3.63, 3.8) is 0 Å². The van der Waals surface area contributed by atoms with E-state index < -0.39 is 0 Å². The summed E-state index contributed by atoms with van der Waals surface area (Å²) in [7, 11) is 0. The van der Waals surface area contributed by atoms with Gasteiger partial charge in [0.1, 0.15) is 11.5 Å². The highest BCUT2D eigenvalue weighted by molar-refractivity contribution is 5.57. The van der Waals surface area contributed by atoms with Gasteiger partial charge in [-0.1, -0.05) is 32.6 Å². The summed E-state index contributed by atoms with van der Waals surface area (Å²) >= 11 is 0. The summed E-state index contributed by atoms with van der Waals surface area (Å²) in [4.78, 5) is 4.70. The molecule has 0 amide bonds. The molecule has 1 N–H and O–H groups in total. The van der Waals surface area contributed by atoms with Crippen LogP contribution >= 0.6 is 0 Å². The predicted molar refractivity (Wildman–Crippen MR) is 84.4 cm³/mol. The highest BCUT2D eigenvalue weighted by Crippen LogP contribution is 2.26. The van der Waals surface area contributed by atoms with E-state index in [4.69, 9.17) is 4.98 Å². The number of aromatic nitrogens is 2. The van der Waals surface area contributed by atoms with Gasteiger partial charge in [0.15, 0.2) is 0 Å². The Balaban J connectivity index is 1.97. The average Bonchev–Trinajstić information content (AvgIpc) is 2.75. The van der Waals surface area contributed by atoms with Gasteiger partial charge in [0.05, 0.1) is 0 Å². The molecule has 3 nitrogen and oxygen atoms in total. The Morgan fingerprint density at radius 2 is 2.00 bits per heavy atom. The number of nitrogens with one attached hydrogen (secondary N) is 1. The number of anilines is 1. The maximum Gasteiger partial charge on any atom is 0.138 e. The lowest BCUT2D eigenvalue weighted by Gasteiger charge is -2.22. The minimum absolute atomic E-state index is 0.621. The molecule has 0 saturated heterocycles. The van der Waals surface area contributed by atoms with Gasteiger partial charge in [-0.2, -0.15) is 0 Å². The molecule has 2 aromatic heterocycles. The van der Waals surface area contributed by atoms with Crippen molar-refractivity contribution in [2.75, 3.05) is 5.32 Å². The van der Waals surface area contributed by atoms with Crippen LogP contribution in [0.3, 0.4) is 0 Å². The van der Waals surface area contributed by atoms with E-state index in [0.29, 0.717) is 6.04 Å². The highest BCUT2D eigenvalue weighted by Gasteiger charge is 2.17. The molecule has 2 aromatic rings. The molecule has 3 rings (SSSR count). The molecule has 20 heavy (non-hydrogen) atoms. The van der Waals surface area contributed by atoms with Crippen LogP contribution in [0.2, 0.25) is 0 Å². The molecule has 0 radical (unpaired) electrons. The molecular weight excluding hydrogens is 246 g/mol. The average molecular weight is 271 g/mol. The molecule has 0 aromatic carbocycles. The molecule has 1 saturated carbocycles. The SMILES string of the molecule is CCc1c(C)nc2cccn2c1NC1CCCCCC1. The lowest BCUT2D eigenvalue weighted by molar-refractivity contribution is 0.615. The Morgan fingerprint density at radius 3 is 2.70 bits per heavy atom. The zero-order valence-corrected chi connectivity index (χ0v) is 12.7. The van der Waals surface area contributed by atoms with Crippen molar-refractivity contribution in [3.8, 4) is 0 Å². The van der Waals surface area contributed by atoms with E-state index in [9.17, 15) is 0 Å². The van der Waals surface area contributed by atoms with Crippen molar-refractivity contribution >= 4 is 11.5 Å². The third-order valence-corrected chi connectivity index (χ3v) is 4.52. The molecular formula is C17H25N3. The molecule has 0 atom stereocenters. The zero-order valence-electron chi connectivity index (χ0n) is 12.7. The number of fused-ring (bicyclic) bond motifs is 1. The largest absolute Gasteiger partial charge is 0.368 e. The first-order valence-corrected chi connectivity index (χ1v) is 8.02. The van der Waals surface area contributed by atoms with Gasteiger partial charge in [-0.25, -0.2) is 4.98 Å². The first-order chi connectivity index (χ1) is 9.79. The summed E-state index contributed by atoms with van der Waals surface area (Å²) in [5.41, 5.74) is 3.57. The monoisotopic (exact) mass is 271 g/mol. The molecule has 0 aliphatic heterocycles. The number of nitrogens with zero attached hydrogens (tertiary/aromatic N) is 2. The van der Waals surface area contributed by atoms with Crippen LogP contribution in [0.15, 0.2) is 18.3 Å². The normalized spacial score (nSPS) is 17.3. The van der Waals surface area contributed by atoms with Gasteiger partial charge in [0, 0.05) is 23.5 Å². The van der Waals surface area contributed by atoms with Crippen LogP contribution in [0.5, 0.6) is 0 Å². The van der Waals surface area contributed by atoms with Crippen LogP contribution in [0.4, 0.5) is 5.82 Å². The minimum Gasteiger partial charge on any atom is -0.368 e. The Hall–Kier alpha value is -1.51. The van der Waals surface area contributed by atoms with Gasteiger partial charge in [0.2, 0.25) is 0 Å². The maximum atomic E-state index is 4.70. The summed E-state index contributed by atoms with van der Waals surface area (Å²) in [6.45, 7) is 4.35. The second-order valence-electron chi connectivity index (χ2n) is 5.95. The quantitative estimate of drug-likeness (QED) is 0.841. The fraction of sp³-hybridized carbons (Fsp3) is 0.588. The van der Waals surface area contributed by atoms with Crippen LogP contribution in [-0.2, 0) is 6.42 Å². The van der Waals surface area contributed by atoms with Crippen LogP contribution in [0, 0.1) is 6.92 Å². The predicted octanol–water partition coefficient (Wildman–Crippen LogP) is 4.34. The molecule has 1 aliphatic rings. The van der Waals surface area contributed by atoms with E-state index in [1.165, 1.54) is 49.9 Å². The number of hydrogen-bond acceptors (Lipinski definition) is 2. The van der Waals surface area contributed by atoms with Gasteiger partial charge in [-0.3, -0.25) is 4.40 Å². The molecule has 0 spiro atoms. The molecule has 3 heteroatoms. The van der Waals surface area contributed by atoms with E-state index in [-0.39, 0.29) is 0 Å². The van der Waals surface area contributed by atoms with Crippen LogP contribution in [-0.4, -0.2) is 15.4 Å². The number of hydrogen-bond donors (Lipinski definition) is 1. The minimum atomic E-state index is 0.621. The van der Waals surface area contributed by atoms with E-state index in [0.717, 1.165) is 17.8 Å². The maximum absolute atomic E-state index is 4.70. The third-order valence-electron chi connectivity index (χ3n) is 4.52. The summed E-state index contributed by atoms with van der Waals surface area (Å²) in [6, 6.07) is 4.79. The first-order valence-electron chi connectivity index (χ1n) is 8.02. The molecule has 108 valence electrons. The topological polar surface area (TPSA) is 29.3 Å². The first kappa shape index (κ1) is 13.5. The van der Waals surface area contributed by atoms with Crippen molar-refractivity contribution in [2.24, 2.45) is 0 Å². The van der Waals surface area contributed by atoms with Gasteiger partial charge in [-0.15, -0.1) is 0 Å². The Bertz CT molecular complexity index is 577. The Labute approximate surface area is 121 Å². The van der Waals surface area contributed by atoms with Crippen LogP contribution < -0.4 is 5.32 Å². The molecule has 2 heterocycles. The van der Waals surface area contributed by atoms with E-state index in [1.54, 1.807) is 0 Å². The third kappa shape index (κ3) is 2.54. The summed E-state index contributed by atoms with van der Waals surface area (Å²) in [5.74, 6) is 1.27. The standard InChI is InChI=1S/C17H25N3/c1-3-15-13(2)18-16-11-8-12-20(16)17(15)19-14-9-6-4-5-7-10-14/h8,11-12,14,19H,3-7,9-10H2,1-2H3. The fourth-order valence-corrected chi connectivity index (χ4v) is 3.41. The number of rotatable bonds is 3. The lowest BCUT2D eigenvalue weighted by atomic mass is 10.1. The molecule has 0 unspecified atom stereocenters. The van der Waals surface area contributed by atoms with Crippen molar-refractivity contribution in [1.82, 2.24) is 9.38 Å². The van der Waals surface area contributed by atoms with Gasteiger partial charge >= 0.3 is 0 Å². The second kappa shape index (κ2) is 5.86. The van der Waals surface area contributed by atoms with Crippen LogP contribution in [0.1, 0.15) is 56.7 Å².